The van der Waals surface area contributed by atoms with Crippen molar-refractivity contribution in [3.05, 3.63) is 29.8 Å². The zero-order valence-corrected chi connectivity index (χ0v) is 9.20. The maximum Gasteiger partial charge on any atom is 0.235 e. The number of nitrogens with zero attached hydrogens (tertiary/aromatic N) is 1. The van der Waals surface area contributed by atoms with E-state index < -0.39 is 10.0 Å². The van der Waals surface area contributed by atoms with Crippen molar-refractivity contribution < 1.29 is 8.42 Å². The lowest BCUT2D eigenvalue weighted by Gasteiger charge is -2.31. The molecule has 3 rings (SSSR count). The number of anilines is 1. The molecule has 1 atom stereocenters. The second kappa shape index (κ2) is 2.98. The van der Waals surface area contributed by atoms with Crippen LogP contribution in [0.4, 0.5) is 5.69 Å². The van der Waals surface area contributed by atoms with Gasteiger partial charge < -0.3 is 0 Å². The van der Waals surface area contributed by atoms with Gasteiger partial charge in [-0.05, 0) is 30.9 Å². The molecule has 1 aromatic carbocycles. The monoisotopic (exact) mass is 223 g/mol. The molecule has 1 unspecified atom stereocenters. The first-order chi connectivity index (χ1) is 7.18. The molecular formula is C11H13NO2S. The number of fused-ring (bicyclic) bond motifs is 3. The van der Waals surface area contributed by atoms with Gasteiger partial charge in [0.25, 0.3) is 0 Å². The fraction of sp³-hybridized carbons (Fsp3) is 0.455. The predicted octanol–water partition coefficient (Wildman–Crippen LogP) is 1.54. The molecule has 2 aliphatic heterocycles. The Morgan fingerprint density at radius 2 is 2.00 bits per heavy atom. The summed E-state index contributed by atoms with van der Waals surface area (Å²) in [6.07, 6.45) is 2.76. The SMILES string of the molecule is O=S1(=O)CCC2CCc3ccccc3N21. The number of hydrogen-bond acceptors (Lipinski definition) is 2. The summed E-state index contributed by atoms with van der Waals surface area (Å²) in [5.41, 5.74) is 2.07. The van der Waals surface area contributed by atoms with Crippen LogP contribution in [0.5, 0.6) is 0 Å². The van der Waals surface area contributed by atoms with Crippen molar-refractivity contribution in [2.45, 2.75) is 25.3 Å². The molecule has 2 heterocycles. The molecule has 1 fully saturated rings. The van der Waals surface area contributed by atoms with Crippen LogP contribution in [0.25, 0.3) is 0 Å². The Morgan fingerprint density at radius 3 is 2.87 bits per heavy atom. The molecule has 1 saturated heterocycles. The van der Waals surface area contributed by atoms with Crippen LogP contribution in [0.15, 0.2) is 24.3 Å². The van der Waals surface area contributed by atoms with Gasteiger partial charge in [0.2, 0.25) is 10.0 Å². The van der Waals surface area contributed by atoms with E-state index in [4.69, 9.17) is 0 Å². The quantitative estimate of drug-likeness (QED) is 0.669. The van der Waals surface area contributed by atoms with Crippen LogP contribution in [-0.4, -0.2) is 20.2 Å². The van der Waals surface area contributed by atoms with Crippen molar-refractivity contribution in [3.8, 4) is 0 Å². The molecule has 0 bridgehead atoms. The van der Waals surface area contributed by atoms with Crippen LogP contribution in [0.1, 0.15) is 18.4 Å². The van der Waals surface area contributed by atoms with Crippen molar-refractivity contribution in [1.82, 2.24) is 0 Å². The second-order valence-electron chi connectivity index (χ2n) is 4.22. The zero-order chi connectivity index (χ0) is 10.5. The third-order valence-corrected chi connectivity index (χ3v) is 5.16. The molecule has 0 aromatic heterocycles. The van der Waals surface area contributed by atoms with Crippen molar-refractivity contribution in [2.24, 2.45) is 0 Å². The minimum atomic E-state index is -3.03. The lowest BCUT2D eigenvalue weighted by molar-refractivity contribution is 0.579. The summed E-state index contributed by atoms with van der Waals surface area (Å²) < 4.78 is 25.4. The normalized spacial score (nSPS) is 27.2. The molecule has 0 amide bonds. The second-order valence-corrected chi connectivity index (χ2v) is 6.19. The Morgan fingerprint density at radius 1 is 1.20 bits per heavy atom. The fourth-order valence-corrected chi connectivity index (χ4v) is 4.50. The molecule has 1 aromatic rings. The van der Waals surface area contributed by atoms with E-state index in [1.54, 1.807) is 4.31 Å². The van der Waals surface area contributed by atoms with Gasteiger partial charge in [-0.25, -0.2) is 8.42 Å². The summed E-state index contributed by atoms with van der Waals surface area (Å²) in [4.78, 5) is 0. The van der Waals surface area contributed by atoms with Crippen LogP contribution in [0.2, 0.25) is 0 Å². The summed E-state index contributed by atoms with van der Waals surface area (Å²) in [7, 11) is -3.03. The van der Waals surface area contributed by atoms with E-state index in [9.17, 15) is 8.42 Å². The van der Waals surface area contributed by atoms with Crippen LogP contribution < -0.4 is 4.31 Å². The number of rotatable bonds is 0. The van der Waals surface area contributed by atoms with E-state index in [2.05, 4.69) is 0 Å². The predicted molar refractivity (Wildman–Crippen MR) is 59.4 cm³/mol. The van der Waals surface area contributed by atoms with Gasteiger partial charge in [-0.3, -0.25) is 4.31 Å². The molecule has 4 heteroatoms. The molecule has 15 heavy (non-hydrogen) atoms. The molecule has 0 radical (unpaired) electrons. The Labute approximate surface area is 89.8 Å². The number of para-hydroxylation sites is 1. The largest absolute Gasteiger partial charge is 0.267 e. The van der Waals surface area contributed by atoms with Gasteiger partial charge in [0.1, 0.15) is 0 Å². The number of hydrogen-bond donors (Lipinski definition) is 0. The van der Waals surface area contributed by atoms with Crippen molar-refractivity contribution in [1.29, 1.82) is 0 Å². The number of sulfonamides is 1. The third kappa shape index (κ3) is 1.28. The molecule has 0 N–H and O–H groups in total. The third-order valence-electron chi connectivity index (χ3n) is 3.32. The van der Waals surface area contributed by atoms with E-state index in [-0.39, 0.29) is 6.04 Å². The van der Waals surface area contributed by atoms with Gasteiger partial charge in [-0.2, -0.15) is 0 Å². The zero-order valence-electron chi connectivity index (χ0n) is 8.39. The van der Waals surface area contributed by atoms with Crippen molar-refractivity contribution in [3.63, 3.8) is 0 Å². The molecule has 2 aliphatic rings. The van der Waals surface area contributed by atoms with Crippen LogP contribution in [0.3, 0.4) is 0 Å². The lowest BCUT2D eigenvalue weighted by Crippen LogP contribution is -2.37. The van der Waals surface area contributed by atoms with Crippen LogP contribution in [-0.2, 0) is 16.4 Å². The maximum absolute atomic E-state index is 11.9. The lowest BCUT2D eigenvalue weighted by atomic mass is 9.97. The van der Waals surface area contributed by atoms with Gasteiger partial charge >= 0.3 is 0 Å². The standard InChI is InChI=1S/C11H13NO2S/c13-15(14)8-7-10-6-5-9-3-1-2-4-11(9)12(10)15/h1-4,10H,5-8H2. The highest BCUT2D eigenvalue weighted by molar-refractivity contribution is 7.93. The smallest absolute Gasteiger partial charge is 0.235 e. The number of benzene rings is 1. The fourth-order valence-electron chi connectivity index (χ4n) is 2.60. The Bertz CT molecular complexity index is 495. The summed E-state index contributed by atoms with van der Waals surface area (Å²) in [5, 5.41) is 0. The average Bonchev–Trinajstić information content (AvgIpc) is 2.55. The molecule has 80 valence electrons. The first kappa shape index (κ1) is 9.21. The van der Waals surface area contributed by atoms with Gasteiger partial charge in [0, 0.05) is 6.04 Å². The Kier molecular flexibility index (Phi) is 1.83. The molecule has 0 saturated carbocycles. The molecular weight excluding hydrogens is 210 g/mol. The minimum absolute atomic E-state index is 0.213. The van der Waals surface area contributed by atoms with Gasteiger partial charge in [0.05, 0.1) is 11.4 Å². The van der Waals surface area contributed by atoms with E-state index in [1.165, 1.54) is 5.56 Å². The van der Waals surface area contributed by atoms with E-state index in [0.29, 0.717) is 5.75 Å². The molecule has 3 nitrogen and oxygen atoms in total. The van der Waals surface area contributed by atoms with Crippen LogP contribution in [0, 0.1) is 0 Å². The van der Waals surface area contributed by atoms with E-state index >= 15 is 0 Å². The Hall–Kier alpha value is -1.03. The highest BCUT2D eigenvalue weighted by Crippen LogP contribution is 2.37. The van der Waals surface area contributed by atoms with E-state index in [0.717, 1.165) is 24.9 Å². The van der Waals surface area contributed by atoms with Gasteiger partial charge in [0.15, 0.2) is 0 Å². The highest BCUT2D eigenvalue weighted by Gasteiger charge is 2.40. The first-order valence-corrected chi connectivity index (χ1v) is 6.89. The van der Waals surface area contributed by atoms with Gasteiger partial charge in [-0.15, -0.1) is 0 Å². The number of aryl methyl sites for hydroxylation is 1. The highest BCUT2D eigenvalue weighted by atomic mass is 32.2. The minimum Gasteiger partial charge on any atom is -0.267 e. The molecule has 0 aliphatic carbocycles. The summed E-state index contributed by atoms with van der Waals surface area (Å²) >= 11 is 0. The molecule has 0 spiro atoms. The van der Waals surface area contributed by atoms with Gasteiger partial charge in [-0.1, -0.05) is 18.2 Å². The summed E-state index contributed by atoms with van der Waals surface area (Å²) in [5.74, 6) is 0.312. The summed E-state index contributed by atoms with van der Waals surface area (Å²) in [6.45, 7) is 0. The Balaban J connectivity index is 2.18. The maximum atomic E-state index is 11.9. The average molecular weight is 223 g/mol. The van der Waals surface area contributed by atoms with Crippen molar-refractivity contribution in [2.75, 3.05) is 10.1 Å². The van der Waals surface area contributed by atoms with E-state index in [1.807, 2.05) is 24.3 Å². The topological polar surface area (TPSA) is 37.4 Å². The van der Waals surface area contributed by atoms with Crippen LogP contribution >= 0.6 is 0 Å². The summed E-state index contributed by atoms with van der Waals surface area (Å²) in [6, 6.07) is 8.05. The first-order valence-electron chi connectivity index (χ1n) is 5.28. The van der Waals surface area contributed by atoms with Crippen molar-refractivity contribution >= 4 is 15.7 Å².